The Balaban J connectivity index is 1.94. The molecule has 4 rings (SSSR count). The molecule has 2 heterocycles. The Morgan fingerprint density at radius 1 is 1.13 bits per heavy atom. The summed E-state index contributed by atoms with van der Waals surface area (Å²) in [6.07, 6.45) is 6.11. The summed E-state index contributed by atoms with van der Waals surface area (Å²) in [6, 6.07) is 15.1. The average molecular weight is 414 g/mol. The van der Waals surface area contributed by atoms with Gasteiger partial charge in [-0.05, 0) is 30.2 Å². The highest BCUT2D eigenvalue weighted by Crippen LogP contribution is 2.35. The number of hydrogen-bond donors (Lipinski definition) is 3. The van der Waals surface area contributed by atoms with E-state index in [2.05, 4.69) is 15.5 Å². The fraction of sp³-hybridized carbons (Fsp3) is 0.130. The van der Waals surface area contributed by atoms with E-state index >= 15 is 0 Å². The van der Waals surface area contributed by atoms with Crippen molar-refractivity contribution in [1.29, 1.82) is 0 Å². The van der Waals surface area contributed by atoms with Crippen molar-refractivity contribution < 1.29 is 9.59 Å². The first-order valence-corrected chi connectivity index (χ1v) is 9.85. The quantitative estimate of drug-likeness (QED) is 0.431. The number of imidazole rings is 1. The van der Waals surface area contributed by atoms with Crippen molar-refractivity contribution in [2.24, 2.45) is 5.73 Å². The van der Waals surface area contributed by atoms with Gasteiger partial charge in [-0.25, -0.2) is 4.98 Å². The molecule has 0 saturated carbocycles. The molecular weight excluding hydrogens is 392 g/mol. The van der Waals surface area contributed by atoms with Gasteiger partial charge in [0.1, 0.15) is 5.82 Å². The van der Waals surface area contributed by atoms with Crippen LogP contribution < -0.4 is 11.1 Å². The zero-order valence-corrected chi connectivity index (χ0v) is 17.0. The molecule has 0 aliphatic heterocycles. The van der Waals surface area contributed by atoms with E-state index in [1.807, 2.05) is 47.2 Å². The number of para-hydroxylation sites is 1. The van der Waals surface area contributed by atoms with Crippen LogP contribution in [0.5, 0.6) is 0 Å². The zero-order valence-electron chi connectivity index (χ0n) is 17.0. The Kier molecular flexibility index (Phi) is 5.61. The monoisotopic (exact) mass is 414 g/mol. The van der Waals surface area contributed by atoms with Crippen LogP contribution in [0.3, 0.4) is 0 Å². The van der Waals surface area contributed by atoms with Crippen molar-refractivity contribution in [1.82, 2.24) is 25.1 Å². The third-order valence-electron chi connectivity index (χ3n) is 5.04. The van der Waals surface area contributed by atoms with Gasteiger partial charge in [-0.3, -0.25) is 19.3 Å². The van der Waals surface area contributed by atoms with E-state index in [4.69, 9.17) is 10.7 Å². The number of carbonyl (C=O) groups is 2. The number of amides is 2. The van der Waals surface area contributed by atoms with Crippen LogP contribution in [0, 0.1) is 0 Å². The van der Waals surface area contributed by atoms with Gasteiger partial charge in [0.25, 0.3) is 0 Å². The van der Waals surface area contributed by atoms with Gasteiger partial charge in [0, 0.05) is 42.7 Å². The van der Waals surface area contributed by atoms with Crippen molar-refractivity contribution in [3.8, 4) is 28.2 Å². The maximum Gasteiger partial charge on any atom is 0.249 e. The summed E-state index contributed by atoms with van der Waals surface area (Å²) >= 11 is 0. The number of aryl methyl sites for hydroxylation is 1. The number of aromatic nitrogens is 4. The Morgan fingerprint density at radius 3 is 2.61 bits per heavy atom. The first-order valence-electron chi connectivity index (χ1n) is 9.85. The van der Waals surface area contributed by atoms with Gasteiger partial charge in [0.15, 0.2) is 0 Å². The number of H-pyrrole nitrogens is 1. The lowest BCUT2D eigenvalue weighted by Crippen LogP contribution is -2.18. The number of nitrogens with one attached hydrogen (secondary N) is 2. The maximum absolute atomic E-state index is 12.3. The van der Waals surface area contributed by atoms with Crippen molar-refractivity contribution in [3.63, 3.8) is 0 Å². The van der Waals surface area contributed by atoms with Crippen molar-refractivity contribution >= 4 is 11.8 Å². The van der Waals surface area contributed by atoms with Gasteiger partial charge in [-0.2, -0.15) is 5.10 Å². The molecule has 4 aromatic rings. The molecule has 0 bridgehead atoms. The van der Waals surface area contributed by atoms with E-state index in [0.717, 1.165) is 22.5 Å². The van der Waals surface area contributed by atoms with E-state index in [0.29, 0.717) is 29.8 Å². The van der Waals surface area contributed by atoms with Crippen LogP contribution in [-0.4, -0.2) is 38.6 Å². The lowest BCUT2D eigenvalue weighted by Gasteiger charge is -2.14. The largest absolute Gasteiger partial charge is 0.366 e. The standard InChI is InChI=1S/C23H22N6O2/c1-25-20(30)11-10-16-14-29(17-6-3-2-4-7-17)23(28-16)21-18(15-12-26-27-13-15)8-5-9-19(21)22(24)31/h2-9,12-14H,10-11H2,1H3,(H2,24,31)(H,25,30)(H,26,27). The van der Waals surface area contributed by atoms with E-state index in [1.165, 1.54) is 0 Å². The van der Waals surface area contributed by atoms with Gasteiger partial charge in [0.2, 0.25) is 11.8 Å². The number of rotatable bonds is 7. The third-order valence-corrected chi connectivity index (χ3v) is 5.04. The van der Waals surface area contributed by atoms with E-state index in [1.54, 1.807) is 31.6 Å². The van der Waals surface area contributed by atoms with Gasteiger partial charge in [-0.1, -0.05) is 30.3 Å². The predicted octanol–water partition coefficient (Wildman–Crippen LogP) is 2.71. The minimum atomic E-state index is -0.546. The summed E-state index contributed by atoms with van der Waals surface area (Å²) in [4.78, 5) is 28.9. The second kappa shape index (κ2) is 8.66. The second-order valence-electron chi connectivity index (χ2n) is 7.01. The highest BCUT2D eigenvalue weighted by Gasteiger charge is 2.22. The molecule has 0 radical (unpaired) electrons. The first-order chi connectivity index (χ1) is 15.1. The normalized spacial score (nSPS) is 10.7. The molecule has 31 heavy (non-hydrogen) atoms. The van der Waals surface area contributed by atoms with E-state index < -0.39 is 5.91 Å². The molecule has 0 aliphatic carbocycles. The fourth-order valence-electron chi connectivity index (χ4n) is 3.52. The molecule has 2 aromatic heterocycles. The van der Waals surface area contributed by atoms with E-state index in [9.17, 15) is 9.59 Å². The number of hydrogen-bond acceptors (Lipinski definition) is 4. The number of carbonyl (C=O) groups excluding carboxylic acids is 2. The van der Waals surface area contributed by atoms with Crippen LogP contribution in [0.25, 0.3) is 28.2 Å². The Morgan fingerprint density at radius 2 is 1.94 bits per heavy atom. The molecule has 0 fully saturated rings. The molecule has 2 amide bonds. The minimum Gasteiger partial charge on any atom is -0.366 e. The first kappa shape index (κ1) is 20.1. The lowest BCUT2D eigenvalue weighted by atomic mass is 9.96. The van der Waals surface area contributed by atoms with Crippen LogP contribution in [0.2, 0.25) is 0 Å². The van der Waals surface area contributed by atoms with Crippen LogP contribution in [0.15, 0.2) is 67.1 Å². The molecular formula is C23H22N6O2. The van der Waals surface area contributed by atoms with Gasteiger partial charge in [-0.15, -0.1) is 0 Å². The van der Waals surface area contributed by atoms with Gasteiger partial charge < -0.3 is 11.1 Å². The predicted molar refractivity (Wildman–Crippen MR) is 117 cm³/mol. The molecule has 0 spiro atoms. The van der Waals surface area contributed by atoms with Gasteiger partial charge >= 0.3 is 0 Å². The molecule has 8 nitrogen and oxygen atoms in total. The lowest BCUT2D eigenvalue weighted by molar-refractivity contribution is -0.120. The summed E-state index contributed by atoms with van der Waals surface area (Å²) in [5.74, 6) is -0.0361. The van der Waals surface area contributed by atoms with Crippen LogP contribution in [0.4, 0.5) is 0 Å². The smallest absolute Gasteiger partial charge is 0.249 e. The van der Waals surface area contributed by atoms with E-state index in [-0.39, 0.29) is 5.91 Å². The minimum absolute atomic E-state index is 0.0626. The molecule has 156 valence electrons. The molecule has 8 heteroatoms. The topological polar surface area (TPSA) is 119 Å². The van der Waals surface area contributed by atoms with Crippen molar-refractivity contribution in [2.75, 3.05) is 7.05 Å². The SMILES string of the molecule is CNC(=O)CCc1cn(-c2ccccc2)c(-c2c(C(N)=O)cccc2-c2cn[nH]c2)n1. The number of primary amides is 1. The number of benzene rings is 2. The molecule has 0 saturated heterocycles. The van der Waals surface area contributed by atoms with Crippen molar-refractivity contribution in [2.45, 2.75) is 12.8 Å². The van der Waals surface area contributed by atoms with Crippen LogP contribution >= 0.6 is 0 Å². The average Bonchev–Trinajstić information content (AvgIpc) is 3.47. The highest BCUT2D eigenvalue weighted by molar-refractivity contribution is 6.03. The summed E-state index contributed by atoms with van der Waals surface area (Å²) in [7, 11) is 1.61. The molecule has 0 unspecified atom stereocenters. The van der Waals surface area contributed by atoms with Crippen LogP contribution in [0.1, 0.15) is 22.5 Å². The Bertz CT molecular complexity index is 1210. The molecule has 4 N–H and O–H groups in total. The summed E-state index contributed by atoms with van der Waals surface area (Å²) in [6.45, 7) is 0. The van der Waals surface area contributed by atoms with Crippen molar-refractivity contribution in [3.05, 3.63) is 78.4 Å². The molecule has 0 atom stereocenters. The molecule has 2 aromatic carbocycles. The summed E-state index contributed by atoms with van der Waals surface area (Å²) < 4.78 is 1.92. The fourth-order valence-corrected chi connectivity index (χ4v) is 3.52. The Labute approximate surface area is 179 Å². The zero-order chi connectivity index (χ0) is 21.8. The maximum atomic E-state index is 12.3. The van der Waals surface area contributed by atoms with Crippen LogP contribution in [-0.2, 0) is 11.2 Å². The third kappa shape index (κ3) is 4.09. The Hall–Kier alpha value is -4.20. The number of nitrogens with two attached hydrogens (primary N) is 1. The highest BCUT2D eigenvalue weighted by atomic mass is 16.1. The molecule has 0 aliphatic rings. The second-order valence-corrected chi connectivity index (χ2v) is 7.01. The number of aromatic amines is 1. The van der Waals surface area contributed by atoms with Gasteiger partial charge in [0.05, 0.1) is 17.5 Å². The summed E-state index contributed by atoms with van der Waals surface area (Å²) in [5.41, 5.74) is 9.93. The summed E-state index contributed by atoms with van der Waals surface area (Å²) in [5, 5.41) is 9.47. The number of nitrogens with zero attached hydrogens (tertiary/aromatic N) is 3.